The van der Waals surface area contributed by atoms with E-state index < -0.39 is 0 Å². The van der Waals surface area contributed by atoms with Crippen LogP contribution >= 0.6 is 0 Å². The van der Waals surface area contributed by atoms with Crippen LogP contribution in [0.4, 0.5) is 0 Å². The predicted molar refractivity (Wildman–Crippen MR) is 75.2 cm³/mol. The van der Waals surface area contributed by atoms with Gasteiger partial charge in [0, 0.05) is 12.4 Å². The molecule has 3 unspecified atom stereocenters. The molecule has 3 atom stereocenters. The Kier molecular flexibility index (Phi) is 3.42. The van der Waals surface area contributed by atoms with Gasteiger partial charge in [-0.1, -0.05) is 34.1 Å². The summed E-state index contributed by atoms with van der Waals surface area (Å²) in [6, 6.07) is 0.909. The van der Waals surface area contributed by atoms with Gasteiger partial charge >= 0.3 is 0 Å². The second-order valence-corrected chi connectivity index (χ2v) is 6.97. The molecule has 2 rings (SSSR count). The molecular formula is C15H26N2. The number of fused-ring (bicyclic) bond motifs is 1. The van der Waals surface area contributed by atoms with Crippen LogP contribution in [-0.2, 0) is 0 Å². The molecule has 1 aliphatic carbocycles. The average Bonchev–Trinajstić information content (AvgIpc) is 2.23. The zero-order valence-corrected chi connectivity index (χ0v) is 11.7. The van der Waals surface area contributed by atoms with Crippen LogP contribution in [0.2, 0.25) is 0 Å². The molecule has 0 aromatic rings. The number of hydrogen-bond donors (Lipinski definition) is 0. The minimum atomic E-state index is 0.390. The van der Waals surface area contributed by atoms with Crippen LogP contribution in [0, 0.1) is 10.8 Å². The third-order valence-electron chi connectivity index (χ3n) is 5.10. The van der Waals surface area contributed by atoms with E-state index in [0.717, 1.165) is 0 Å². The number of aliphatic imine (C=N–C) groups is 2. The van der Waals surface area contributed by atoms with Gasteiger partial charge in [-0.25, -0.2) is 0 Å². The highest BCUT2D eigenvalue weighted by molar-refractivity contribution is 6.16. The highest BCUT2D eigenvalue weighted by Gasteiger charge is 2.39. The van der Waals surface area contributed by atoms with Crippen LogP contribution in [0.3, 0.4) is 0 Å². The molecule has 2 aliphatic rings. The summed E-state index contributed by atoms with van der Waals surface area (Å²) in [7, 11) is 0. The van der Waals surface area contributed by atoms with Gasteiger partial charge in [-0.3, -0.25) is 9.98 Å². The van der Waals surface area contributed by atoms with E-state index in [1.165, 1.54) is 32.1 Å². The van der Waals surface area contributed by atoms with E-state index in [9.17, 15) is 0 Å². The molecule has 2 heteroatoms. The van der Waals surface area contributed by atoms with Crippen LogP contribution in [0.5, 0.6) is 0 Å². The molecule has 0 radical (unpaired) electrons. The SMILES string of the molecule is CC(C)(C)C1(C)CCCC2N=CC=NC2CC1. The Labute approximate surface area is 106 Å². The lowest BCUT2D eigenvalue weighted by molar-refractivity contribution is 0.0677. The van der Waals surface area contributed by atoms with Gasteiger partial charge in [0.25, 0.3) is 0 Å². The maximum atomic E-state index is 4.63. The minimum Gasteiger partial charge on any atom is -0.286 e. The Balaban J connectivity index is 2.09. The van der Waals surface area contributed by atoms with Crippen molar-refractivity contribution in [3.63, 3.8) is 0 Å². The van der Waals surface area contributed by atoms with Crippen LogP contribution in [0.15, 0.2) is 9.98 Å². The summed E-state index contributed by atoms with van der Waals surface area (Å²) in [5.41, 5.74) is 0.843. The van der Waals surface area contributed by atoms with E-state index in [4.69, 9.17) is 0 Å². The Morgan fingerprint density at radius 1 is 1.00 bits per heavy atom. The summed E-state index contributed by atoms with van der Waals surface area (Å²) in [6.07, 6.45) is 10.1. The van der Waals surface area contributed by atoms with Gasteiger partial charge in [0.1, 0.15) is 0 Å². The first-order valence-electron chi connectivity index (χ1n) is 6.97. The average molecular weight is 234 g/mol. The van der Waals surface area contributed by atoms with Crippen molar-refractivity contribution in [1.82, 2.24) is 0 Å². The maximum absolute atomic E-state index is 4.63. The molecule has 0 aromatic heterocycles. The second-order valence-electron chi connectivity index (χ2n) is 6.97. The van der Waals surface area contributed by atoms with Gasteiger partial charge in [-0.2, -0.15) is 0 Å². The smallest absolute Gasteiger partial charge is 0.0723 e. The molecule has 0 bridgehead atoms. The quantitative estimate of drug-likeness (QED) is 0.607. The lowest BCUT2D eigenvalue weighted by Crippen LogP contribution is -2.38. The van der Waals surface area contributed by atoms with Gasteiger partial charge in [0.05, 0.1) is 12.1 Å². The van der Waals surface area contributed by atoms with E-state index in [0.29, 0.717) is 22.9 Å². The van der Waals surface area contributed by atoms with Crippen LogP contribution in [0.25, 0.3) is 0 Å². The Morgan fingerprint density at radius 2 is 1.59 bits per heavy atom. The van der Waals surface area contributed by atoms with Crippen molar-refractivity contribution in [1.29, 1.82) is 0 Å². The van der Waals surface area contributed by atoms with Gasteiger partial charge < -0.3 is 0 Å². The Morgan fingerprint density at radius 3 is 2.18 bits per heavy atom. The standard InChI is InChI=1S/C15H26N2/c1-14(2,3)15(4)8-5-6-12-13(7-9-15)17-11-10-16-12/h10-13H,5-9H2,1-4H3. The summed E-state index contributed by atoms with van der Waals surface area (Å²) in [4.78, 5) is 9.22. The molecule has 1 fully saturated rings. The molecular weight excluding hydrogens is 208 g/mol. The number of rotatable bonds is 0. The summed E-state index contributed by atoms with van der Waals surface area (Å²) in [5, 5.41) is 0. The van der Waals surface area contributed by atoms with E-state index in [2.05, 4.69) is 37.7 Å². The fourth-order valence-corrected chi connectivity index (χ4v) is 3.07. The molecule has 1 heterocycles. The highest BCUT2D eigenvalue weighted by Crippen LogP contribution is 2.48. The summed E-state index contributed by atoms with van der Waals surface area (Å²) < 4.78 is 0. The fraction of sp³-hybridized carbons (Fsp3) is 0.867. The lowest BCUT2D eigenvalue weighted by atomic mass is 9.61. The van der Waals surface area contributed by atoms with E-state index >= 15 is 0 Å². The topological polar surface area (TPSA) is 24.7 Å². The largest absolute Gasteiger partial charge is 0.286 e. The summed E-state index contributed by atoms with van der Waals surface area (Å²) in [5.74, 6) is 0. The Bertz CT molecular complexity index is 324. The molecule has 17 heavy (non-hydrogen) atoms. The molecule has 0 N–H and O–H groups in total. The first kappa shape index (κ1) is 12.8. The van der Waals surface area contributed by atoms with Crippen LogP contribution in [0.1, 0.15) is 59.8 Å². The minimum absolute atomic E-state index is 0.390. The van der Waals surface area contributed by atoms with Crippen molar-refractivity contribution in [2.45, 2.75) is 71.9 Å². The molecule has 1 saturated carbocycles. The second kappa shape index (κ2) is 4.55. The zero-order valence-electron chi connectivity index (χ0n) is 11.7. The fourth-order valence-electron chi connectivity index (χ4n) is 3.07. The van der Waals surface area contributed by atoms with Gasteiger partial charge in [-0.05, 0) is 36.5 Å². The molecule has 0 spiro atoms. The van der Waals surface area contributed by atoms with E-state index in [1.807, 2.05) is 12.4 Å². The molecule has 0 saturated heterocycles. The van der Waals surface area contributed by atoms with E-state index in [1.54, 1.807) is 0 Å². The lowest BCUT2D eigenvalue weighted by Gasteiger charge is -2.45. The molecule has 0 aromatic carbocycles. The number of nitrogens with zero attached hydrogens (tertiary/aromatic N) is 2. The first-order chi connectivity index (χ1) is 7.92. The molecule has 0 amide bonds. The van der Waals surface area contributed by atoms with Gasteiger partial charge in [-0.15, -0.1) is 0 Å². The third kappa shape index (κ3) is 2.61. The van der Waals surface area contributed by atoms with E-state index in [-0.39, 0.29) is 0 Å². The van der Waals surface area contributed by atoms with Gasteiger partial charge in [0.15, 0.2) is 0 Å². The van der Waals surface area contributed by atoms with Crippen molar-refractivity contribution in [2.24, 2.45) is 20.8 Å². The summed E-state index contributed by atoms with van der Waals surface area (Å²) in [6.45, 7) is 9.61. The monoisotopic (exact) mass is 234 g/mol. The van der Waals surface area contributed by atoms with Crippen molar-refractivity contribution in [3.05, 3.63) is 0 Å². The van der Waals surface area contributed by atoms with Crippen LogP contribution < -0.4 is 0 Å². The zero-order chi connectivity index (χ0) is 12.5. The first-order valence-corrected chi connectivity index (χ1v) is 6.97. The summed E-state index contributed by atoms with van der Waals surface area (Å²) >= 11 is 0. The normalized spacial score (nSPS) is 38.4. The molecule has 1 aliphatic heterocycles. The number of hydrogen-bond acceptors (Lipinski definition) is 2. The predicted octanol–water partition coefficient (Wildman–Crippen LogP) is 3.90. The van der Waals surface area contributed by atoms with Crippen molar-refractivity contribution in [2.75, 3.05) is 0 Å². The molecule has 2 nitrogen and oxygen atoms in total. The maximum Gasteiger partial charge on any atom is 0.0723 e. The van der Waals surface area contributed by atoms with Crippen molar-refractivity contribution >= 4 is 12.4 Å². The Hall–Kier alpha value is -0.660. The van der Waals surface area contributed by atoms with Crippen molar-refractivity contribution < 1.29 is 0 Å². The van der Waals surface area contributed by atoms with Gasteiger partial charge in [0.2, 0.25) is 0 Å². The van der Waals surface area contributed by atoms with Crippen LogP contribution in [-0.4, -0.2) is 24.5 Å². The van der Waals surface area contributed by atoms with Crippen molar-refractivity contribution in [3.8, 4) is 0 Å². The molecule has 96 valence electrons. The third-order valence-corrected chi connectivity index (χ3v) is 5.10. The highest BCUT2D eigenvalue weighted by atomic mass is 14.9.